The highest BCUT2D eigenvalue weighted by Crippen LogP contribution is 2.22. The van der Waals surface area contributed by atoms with Crippen LogP contribution in [0.4, 0.5) is 4.39 Å². The van der Waals surface area contributed by atoms with Crippen molar-refractivity contribution in [2.75, 3.05) is 19.6 Å². The highest BCUT2D eigenvalue weighted by atomic mass is 35.5. The first-order valence-electron chi connectivity index (χ1n) is 15.0. The second kappa shape index (κ2) is 14.1. The van der Waals surface area contributed by atoms with Gasteiger partial charge in [-0.3, -0.25) is 14.4 Å². The molecule has 43 heavy (non-hydrogen) atoms. The van der Waals surface area contributed by atoms with Gasteiger partial charge in [-0.1, -0.05) is 79.5 Å². The quantitative estimate of drug-likeness (QED) is 0.362. The number of halogens is 2. The van der Waals surface area contributed by atoms with E-state index in [1.165, 1.54) is 12.1 Å². The van der Waals surface area contributed by atoms with Crippen LogP contribution >= 0.6 is 11.6 Å². The summed E-state index contributed by atoms with van der Waals surface area (Å²) in [4.78, 5) is 44.9. The molecule has 3 atom stereocenters. The lowest BCUT2D eigenvalue weighted by atomic mass is 9.95. The maximum atomic E-state index is 14.2. The van der Waals surface area contributed by atoms with Gasteiger partial charge in [-0.15, -0.1) is 0 Å². The summed E-state index contributed by atoms with van der Waals surface area (Å²) in [5.41, 5.74) is 3.95. The number of fused-ring (bicyclic) bond motifs is 1. The molecule has 3 unspecified atom stereocenters. The van der Waals surface area contributed by atoms with E-state index >= 15 is 0 Å². The van der Waals surface area contributed by atoms with Crippen molar-refractivity contribution in [1.29, 1.82) is 0 Å². The number of piperazine rings is 1. The number of carbonyl (C=O) groups is 3. The molecule has 3 aromatic rings. The Morgan fingerprint density at radius 1 is 1.02 bits per heavy atom. The number of nitrogens with zero attached hydrogens (tertiary/aromatic N) is 2. The molecule has 0 saturated carbocycles. The van der Waals surface area contributed by atoms with Crippen LogP contribution < -0.4 is 10.6 Å². The molecule has 2 aliphatic heterocycles. The summed E-state index contributed by atoms with van der Waals surface area (Å²) in [6.45, 7) is 3.82. The molecular weight excluding hydrogens is 567 g/mol. The summed E-state index contributed by atoms with van der Waals surface area (Å²) < 4.78 is 13.7. The van der Waals surface area contributed by atoms with E-state index in [2.05, 4.69) is 10.6 Å². The molecule has 2 heterocycles. The number of rotatable bonds is 10. The van der Waals surface area contributed by atoms with Gasteiger partial charge >= 0.3 is 0 Å². The summed E-state index contributed by atoms with van der Waals surface area (Å²) in [7, 11) is 0. The van der Waals surface area contributed by atoms with E-state index in [1.807, 2.05) is 60.4 Å². The largest absolute Gasteiger partial charge is 0.343 e. The Bertz CT molecular complexity index is 1450. The summed E-state index contributed by atoms with van der Waals surface area (Å²) in [6, 6.07) is 19.5. The number of carbonyl (C=O) groups excluding carboxylic acids is 3. The zero-order chi connectivity index (χ0) is 30.3. The second-order valence-electron chi connectivity index (χ2n) is 11.3. The molecule has 9 heteroatoms. The van der Waals surface area contributed by atoms with Gasteiger partial charge in [0.1, 0.15) is 17.9 Å². The van der Waals surface area contributed by atoms with Crippen LogP contribution in [0.2, 0.25) is 5.02 Å². The zero-order valence-electron chi connectivity index (χ0n) is 24.4. The van der Waals surface area contributed by atoms with Crippen LogP contribution in [0.3, 0.4) is 0 Å². The molecule has 0 radical (unpaired) electrons. The van der Waals surface area contributed by atoms with Crippen molar-refractivity contribution in [3.8, 4) is 0 Å². The number of hydrogen-bond acceptors (Lipinski definition) is 4. The molecule has 2 N–H and O–H groups in total. The van der Waals surface area contributed by atoms with E-state index in [1.54, 1.807) is 17.0 Å². The average Bonchev–Trinajstić information content (AvgIpc) is 3.02. The standard InChI is InChI=1S/C34H38ClFN4O3/c1-2-7-31-34(43)39(17-16-24-8-5-6-11-28(24)35)18-19-40(31)33(42)30(20-23-12-14-27(36)15-13-23)38-32(41)29-21-25-9-3-4-10-26(25)22-37-29/h3-6,8-15,29-31,37H,2,7,16-22H2,1H3,(H,38,41). The van der Waals surface area contributed by atoms with Gasteiger partial charge in [-0.2, -0.15) is 0 Å². The smallest absolute Gasteiger partial charge is 0.246 e. The van der Waals surface area contributed by atoms with E-state index in [4.69, 9.17) is 11.6 Å². The molecule has 3 aromatic carbocycles. The minimum Gasteiger partial charge on any atom is -0.343 e. The topological polar surface area (TPSA) is 81.8 Å². The van der Waals surface area contributed by atoms with Crippen molar-refractivity contribution >= 4 is 29.3 Å². The highest BCUT2D eigenvalue weighted by Gasteiger charge is 2.40. The first-order chi connectivity index (χ1) is 20.8. The van der Waals surface area contributed by atoms with Crippen molar-refractivity contribution in [3.05, 3.63) is 106 Å². The van der Waals surface area contributed by atoms with Gasteiger partial charge in [0, 0.05) is 37.6 Å². The molecule has 5 rings (SSSR count). The fraction of sp³-hybridized carbons (Fsp3) is 0.382. The van der Waals surface area contributed by atoms with Crippen LogP contribution in [0.25, 0.3) is 0 Å². The van der Waals surface area contributed by atoms with Gasteiger partial charge in [0.15, 0.2) is 0 Å². The average molecular weight is 605 g/mol. The van der Waals surface area contributed by atoms with Gasteiger partial charge in [-0.25, -0.2) is 4.39 Å². The summed E-state index contributed by atoms with van der Waals surface area (Å²) in [5.74, 6) is -1.04. The van der Waals surface area contributed by atoms with Gasteiger partial charge in [0.25, 0.3) is 0 Å². The fourth-order valence-corrected chi connectivity index (χ4v) is 6.23. The van der Waals surface area contributed by atoms with E-state index in [-0.39, 0.29) is 30.0 Å². The van der Waals surface area contributed by atoms with Crippen molar-refractivity contribution in [2.45, 2.75) is 63.7 Å². The Hall–Kier alpha value is -3.75. The van der Waals surface area contributed by atoms with Crippen LogP contribution in [0.1, 0.15) is 42.0 Å². The van der Waals surface area contributed by atoms with E-state index in [9.17, 15) is 18.8 Å². The van der Waals surface area contributed by atoms with Crippen molar-refractivity contribution in [3.63, 3.8) is 0 Å². The Kier molecular flexibility index (Phi) is 10.1. The first kappa shape index (κ1) is 30.7. The third-order valence-electron chi connectivity index (χ3n) is 8.40. The summed E-state index contributed by atoms with van der Waals surface area (Å²) >= 11 is 6.34. The van der Waals surface area contributed by atoms with Crippen molar-refractivity contribution in [1.82, 2.24) is 20.4 Å². The van der Waals surface area contributed by atoms with Crippen LogP contribution in [0, 0.1) is 5.82 Å². The minimum absolute atomic E-state index is 0.0917. The molecule has 1 saturated heterocycles. The van der Waals surface area contributed by atoms with Crippen molar-refractivity contribution in [2.24, 2.45) is 0 Å². The molecule has 0 spiro atoms. The predicted octanol–water partition coefficient (Wildman–Crippen LogP) is 4.30. The van der Waals surface area contributed by atoms with E-state index in [0.717, 1.165) is 28.7 Å². The van der Waals surface area contributed by atoms with Crippen LogP contribution in [0.15, 0.2) is 72.8 Å². The molecule has 226 valence electrons. The number of hydrogen-bond donors (Lipinski definition) is 2. The molecule has 0 aromatic heterocycles. The molecule has 2 aliphatic rings. The fourth-order valence-electron chi connectivity index (χ4n) is 6.00. The molecular formula is C34H38ClFN4O3. The lowest BCUT2D eigenvalue weighted by Crippen LogP contribution is -2.63. The minimum atomic E-state index is -0.904. The predicted molar refractivity (Wildman–Crippen MR) is 165 cm³/mol. The van der Waals surface area contributed by atoms with Gasteiger partial charge in [0.05, 0.1) is 6.04 Å². The Balaban J connectivity index is 1.32. The van der Waals surface area contributed by atoms with Gasteiger partial charge in [0.2, 0.25) is 17.7 Å². The van der Waals surface area contributed by atoms with Crippen LogP contribution in [-0.4, -0.2) is 65.3 Å². The Morgan fingerprint density at radius 3 is 2.49 bits per heavy atom. The molecule has 3 amide bonds. The first-order valence-corrected chi connectivity index (χ1v) is 15.4. The SMILES string of the molecule is CCCC1C(=O)N(CCc2ccccc2Cl)CCN1C(=O)C(Cc1ccc(F)cc1)NC(=O)C1Cc2ccccc2CN1. The normalized spacial score (nSPS) is 19.1. The number of benzene rings is 3. The lowest BCUT2D eigenvalue weighted by molar-refractivity contribution is -0.153. The zero-order valence-corrected chi connectivity index (χ0v) is 25.2. The summed E-state index contributed by atoms with van der Waals surface area (Å²) in [5, 5.41) is 6.95. The molecule has 0 bridgehead atoms. The highest BCUT2D eigenvalue weighted by molar-refractivity contribution is 6.31. The maximum Gasteiger partial charge on any atom is 0.246 e. The maximum absolute atomic E-state index is 14.2. The summed E-state index contributed by atoms with van der Waals surface area (Å²) in [6.07, 6.45) is 2.57. The van der Waals surface area contributed by atoms with E-state index in [0.29, 0.717) is 50.5 Å². The van der Waals surface area contributed by atoms with Gasteiger partial charge < -0.3 is 20.4 Å². The Morgan fingerprint density at radius 2 is 1.74 bits per heavy atom. The van der Waals surface area contributed by atoms with E-state index < -0.39 is 18.1 Å². The second-order valence-corrected chi connectivity index (χ2v) is 11.7. The number of amides is 3. The molecule has 1 fully saturated rings. The third kappa shape index (κ3) is 7.43. The molecule has 7 nitrogen and oxygen atoms in total. The number of nitrogens with one attached hydrogen (secondary N) is 2. The van der Waals surface area contributed by atoms with Crippen LogP contribution in [-0.2, 0) is 40.2 Å². The molecule has 0 aliphatic carbocycles. The van der Waals surface area contributed by atoms with Gasteiger partial charge in [-0.05, 0) is 59.7 Å². The van der Waals surface area contributed by atoms with Crippen LogP contribution in [0.5, 0.6) is 0 Å². The Labute approximate surface area is 257 Å². The monoisotopic (exact) mass is 604 g/mol. The lowest BCUT2D eigenvalue weighted by Gasteiger charge is -2.42. The van der Waals surface area contributed by atoms with Crippen molar-refractivity contribution < 1.29 is 18.8 Å². The third-order valence-corrected chi connectivity index (χ3v) is 8.77.